The first kappa shape index (κ1) is 11.0. The molecular weight excluding hydrogens is 234 g/mol. The highest BCUT2D eigenvalue weighted by molar-refractivity contribution is 7.91. The molecule has 1 aliphatic heterocycles. The van der Waals surface area contributed by atoms with Crippen molar-refractivity contribution in [2.75, 3.05) is 11.5 Å². The van der Waals surface area contributed by atoms with Crippen molar-refractivity contribution in [2.45, 2.75) is 19.4 Å². The first-order valence-electron chi connectivity index (χ1n) is 4.83. The van der Waals surface area contributed by atoms with Gasteiger partial charge in [-0.2, -0.15) is 0 Å². The number of hydrogen-bond acceptors (Lipinski definition) is 5. The lowest BCUT2D eigenvalue weighted by atomic mass is 10.1. The van der Waals surface area contributed by atoms with Gasteiger partial charge in [0.2, 0.25) is 0 Å². The van der Waals surface area contributed by atoms with E-state index in [1.165, 1.54) is 11.3 Å². The Morgan fingerprint density at radius 3 is 2.93 bits per heavy atom. The Bertz CT molecular complexity index is 438. The number of nitrogens with zero attached hydrogens (tertiary/aromatic N) is 1. The van der Waals surface area contributed by atoms with Crippen LogP contribution in [0.5, 0.6) is 0 Å². The molecule has 0 aliphatic carbocycles. The maximum absolute atomic E-state index is 11.2. The molecule has 0 amide bonds. The summed E-state index contributed by atoms with van der Waals surface area (Å²) in [7, 11) is -2.79. The van der Waals surface area contributed by atoms with Gasteiger partial charge in [-0.25, -0.2) is 13.4 Å². The lowest BCUT2D eigenvalue weighted by Gasteiger charge is -2.02. The summed E-state index contributed by atoms with van der Waals surface area (Å²) in [5.41, 5.74) is 0.677. The highest BCUT2D eigenvalue weighted by Gasteiger charge is 2.28. The molecule has 1 unspecified atom stereocenters. The minimum atomic E-state index is -2.79. The second-order valence-corrected chi connectivity index (χ2v) is 7.04. The van der Waals surface area contributed by atoms with Crippen LogP contribution in [0, 0.1) is 5.92 Å². The van der Waals surface area contributed by atoms with Gasteiger partial charge in [0.25, 0.3) is 0 Å². The standard InChI is InChI=1S/C9H13NO3S2/c11-4-8-5-14-9(10-8)3-7-1-2-15(12,13)6-7/h5,7,11H,1-4,6H2. The zero-order valence-corrected chi connectivity index (χ0v) is 9.85. The molecule has 1 atom stereocenters. The molecule has 0 aromatic carbocycles. The molecule has 2 heterocycles. The van der Waals surface area contributed by atoms with Crippen molar-refractivity contribution in [3.8, 4) is 0 Å². The van der Waals surface area contributed by atoms with Crippen molar-refractivity contribution in [2.24, 2.45) is 5.92 Å². The van der Waals surface area contributed by atoms with Crippen LogP contribution in [-0.2, 0) is 22.9 Å². The van der Waals surface area contributed by atoms with E-state index in [1.807, 2.05) is 5.38 Å². The van der Waals surface area contributed by atoms with Crippen LogP contribution >= 0.6 is 11.3 Å². The van der Waals surface area contributed by atoms with Crippen molar-refractivity contribution < 1.29 is 13.5 Å². The quantitative estimate of drug-likeness (QED) is 0.850. The molecule has 0 bridgehead atoms. The lowest BCUT2D eigenvalue weighted by molar-refractivity contribution is 0.277. The van der Waals surface area contributed by atoms with Gasteiger partial charge in [0.05, 0.1) is 28.8 Å². The average Bonchev–Trinajstić information content (AvgIpc) is 2.73. The highest BCUT2D eigenvalue weighted by Crippen LogP contribution is 2.24. The van der Waals surface area contributed by atoms with Crippen LogP contribution in [0.4, 0.5) is 0 Å². The summed E-state index contributed by atoms with van der Waals surface area (Å²) < 4.78 is 22.5. The van der Waals surface area contributed by atoms with Crippen LogP contribution < -0.4 is 0 Å². The van der Waals surface area contributed by atoms with E-state index in [4.69, 9.17) is 5.11 Å². The Balaban J connectivity index is 1.98. The van der Waals surface area contributed by atoms with Gasteiger partial charge in [-0.1, -0.05) is 0 Å². The minimum absolute atomic E-state index is 0.0422. The van der Waals surface area contributed by atoms with Gasteiger partial charge in [0.15, 0.2) is 9.84 Å². The van der Waals surface area contributed by atoms with Gasteiger partial charge in [0.1, 0.15) is 0 Å². The lowest BCUT2D eigenvalue weighted by Crippen LogP contribution is -2.07. The van der Waals surface area contributed by atoms with E-state index in [2.05, 4.69) is 4.98 Å². The molecule has 4 nitrogen and oxygen atoms in total. The molecule has 0 spiro atoms. The largest absolute Gasteiger partial charge is 0.390 e. The van der Waals surface area contributed by atoms with Gasteiger partial charge in [0, 0.05) is 11.8 Å². The highest BCUT2D eigenvalue weighted by atomic mass is 32.2. The second-order valence-electron chi connectivity index (χ2n) is 3.86. The molecule has 84 valence electrons. The van der Waals surface area contributed by atoms with Crippen LogP contribution in [0.2, 0.25) is 0 Å². The van der Waals surface area contributed by atoms with Crippen molar-refractivity contribution in [3.05, 3.63) is 16.1 Å². The van der Waals surface area contributed by atoms with Gasteiger partial charge >= 0.3 is 0 Å². The number of thiazole rings is 1. The number of rotatable bonds is 3. The summed E-state index contributed by atoms with van der Waals surface area (Å²) in [5.74, 6) is 0.824. The third-order valence-corrected chi connectivity index (χ3v) is 5.31. The Morgan fingerprint density at radius 1 is 1.60 bits per heavy atom. The van der Waals surface area contributed by atoms with E-state index in [0.29, 0.717) is 17.2 Å². The predicted molar refractivity (Wildman–Crippen MR) is 58.5 cm³/mol. The van der Waals surface area contributed by atoms with Gasteiger partial charge < -0.3 is 5.11 Å². The van der Waals surface area contributed by atoms with E-state index < -0.39 is 9.84 Å². The van der Waals surface area contributed by atoms with Crippen LogP contribution in [0.25, 0.3) is 0 Å². The summed E-state index contributed by atoms with van der Waals surface area (Å²) >= 11 is 1.50. The molecule has 1 N–H and O–H groups in total. The molecule has 15 heavy (non-hydrogen) atoms. The molecule has 6 heteroatoms. The number of hydrogen-bond donors (Lipinski definition) is 1. The van der Waals surface area contributed by atoms with E-state index in [1.54, 1.807) is 0 Å². The molecule has 1 fully saturated rings. The predicted octanol–water partition coefficient (Wildman–Crippen LogP) is 0.613. The van der Waals surface area contributed by atoms with E-state index in [9.17, 15) is 8.42 Å². The Morgan fingerprint density at radius 2 is 2.40 bits per heavy atom. The Hall–Kier alpha value is -0.460. The molecule has 0 radical (unpaired) electrons. The first-order chi connectivity index (χ1) is 7.09. The van der Waals surface area contributed by atoms with Crippen molar-refractivity contribution in [1.29, 1.82) is 0 Å². The SMILES string of the molecule is O=S1(=O)CCC(Cc2nc(CO)cs2)C1. The van der Waals surface area contributed by atoms with E-state index >= 15 is 0 Å². The third kappa shape index (κ3) is 2.76. The summed E-state index contributed by atoms with van der Waals surface area (Å²) in [6, 6.07) is 0. The van der Waals surface area contributed by atoms with Crippen LogP contribution in [0.3, 0.4) is 0 Å². The van der Waals surface area contributed by atoms with E-state index in [0.717, 1.165) is 17.8 Å². The van der Waals surface area contributed by atoms with Crippen molar-refractivity contribution >= 4 is 21.2 Å². The summed E-state index contributed by atoms with van der Waals surface area (Å²) in [4.78, 5) is 4.21. The number of aromatic nitrogens is 1. The van der Waals surface area contributed by atoms with E-state index in [-0.39, 0.29) is 12.5 Å². The topological polar surface area (TPSA) is 67.3 Å². The molecular formula is C9H13NO3S2. The third-order valence-electron chi connectivity index (χ3n) is 2.55. The normalized spacial score (nSPS) is 24.5. The smallest absolute Gasteiger partial charge is 0.150 e. The summed E-state index contributed by atoms with van der Waals surface area (Å²) in [6.45, 7) is -0.0422. The second kappa shape index (κ2) is 4.19. The van der Waals surface area contributed by atoms with Crippen molar-refractivity contribution in [3.63, 3.8) is 0 Å². The maximum Gasteiger partial charge on any atom is 0.150 e. The van der Waals surface area contributed by atoms with Crippen LogP contribution in [-0.4, -0.2) is 30.0 Å². The van der Waals surface area contributed by atoms with Gasteiger partial charge in [-0.05, 0) is 12.3 Å². The maximum atomic E-state index is 11.2. The Labute approximate surface area is 92.9 Å². The Kier molecular flexibility index (Phi) is 3.08. The zero-order chi connectivity index (χ0) is 10.9. The van der Waals surface area contributed by atoms with Gasteiger partial charge in [-0.15, -0.1) is 11.3 Å². The number of aliphatic hydroxyl groups excluding tert-OH is 1. The molecule has 2 rings (SSSR count). The van der Waals surface area contributed by atoms with Gasteiger partial charge in [-0.3, -0.25) is 0 Å². The molecule has 1 aliphatic rings. The number of sulfone groups is 1. The fourth-order valence-corrected chi connectivity index (χ4v) is 4.56. The first-order valence-corrected chi connectivity index (χ1v) is 7.54. The molecule has 1 aromatic rings. The minimum Gasteiger partial charge on any atom is -0.390 e. The van der Waals surface area contributed by atoms with Crippen LogP contribution in [0.15, 0.2) is 5.38 Å². The fraction of sp³-hybridized carbons (Fsp3) is 0.667. The summed E-state index contributed by atoms with van der Waals surface area (Å²) in [6.07, 6.45) is 1.47. The molecule has 1 saturated heterocycles. The average molecular weight is 247 g/mol. The van der Waals surface area contributed by atoms with Crippen LogP contribution in [0.1, 0.15) is 17.1 Å². The summed E-state index contributed by atoms with van der Waals surface area (Å²) in [5, 5.41) is 11.6. The fourth-order valence-electron chi connectivity index (χ4n) is 1.80. The molecule has 0 saturated carbocycles. The van der Waals surface area contributed by atoms with Crippen molar-refractivity contribution in [1.82, 2.24) is 4.98 Å². The number of aliphatic hydroxyl groups is 1. The zero-order valence-electron chi connectivity index (χ0n) is 8.22. The monoisotopic (exact) mass is 247 g/mol. The molecule has 1 aromatic heterocycles.